The third-order valence-electron chi connectivity index (χ3n) is 2.19. The minimum atomic E-state index is -1.64. The molecule has 0 aromatic heterocycles. The maximum atomic E-state index is 12.7. The number of rotatable bonds is 5. The number of hydrogen-bond donors (Lipinski definition) is 4. The van der Waals surface area contributed by atoms with E-state index < -0.39 is 41.9 Å². The fourth-order valence-electron chi connectivity index (χ4n) is 1.31. The van der Waals surface area contributed by atoms with E-state index in [-0.39, 0.29) is 5.56 Å². The molecule has 0 fully saturated rings. The third kappa shape index (κ3) is 3.95. The normalized spacial score (nSPS) is 11.6. The van der Waals surface area contributed by atoms with E-state index in [0.29, 0.717) is 6.07 Å². The van der Waals surface area contributed by atoms with Gasteiger partial charge < -0.3 is 20.6 Å². The van der Waals surface area contributed by atoms with Crippen molar-refractivity contribution in [1.82, 2.24) is 5.32 Å². The molecule has 1 aromatic rings. The van der Waals surface area contributed by atoms with Gasteiger partial charge in [0.1, 0.15) is 17.6 Å². The Balaban J connectivity index is 2.87. The second-order valence-corrected chi connectivity index (χ2v) is 3.62. The van der Waals surface area contributed by atoms with Gasteiger partial charge in [-0.05, 0) is 12.1 Å². The van der Waals surface area contributed by atoms with Crippen LogP contribution in [-0.2, 0) is 9.59 Å². The Bertz CT molecular complexity index is 530. The minimum Gasteiger partial charge on any atom is -0.507 e. The Morgan fingerprint density at radius 1 is 1.26 bits per heavy atom. The van der Waals surface area contributed by atoms with Crippen LogP contribution in [0.2, 0.25) is 0 Å². The van der Waals surface area contributed by atoms with Gasteiger partial charge in [-0.15, -0.1) is 0 Å². The average Bonchev–Trinajstić information content (AvgIpc) is 2.26. The van der Waals surface area contributed by atoms with Crippen LogP contribution in [0.25, 0.3) is 0 Å². The second-order valence-electron chi connectivity index (χ2n) is 3.62. The van der Waals surface area contributed by atoms with E-state index in [4.69, 9.17) is 10.2 Å². The van der Waals surface area contributed by atoms with Crippen molar-refractivity contribution in [3.8, 4) is 5.75 Å². The molecule has 0 radical (unpaired) electrons. The van der Waals surface area contributed by atoms with Crippen molar-refractivity contribution < 1.29 is 34.1 Å². The molecule has 8 heteroatoms. The number of nitrogens with one attached hydrogen (secondary N) is 1. The smallest absolute Gasteiger partial charge is 0.326 e. The summed E-state index contributed by atoms with van der Waals surface area (Å²) in [4.78, 5) is 32.8. The molecule has 0 bridgehead atoms. The van der Waals surface area contributed by atoms with Gasteiger partial charge in [-0.3, -0.25) is 9.59 Å². The van der Waals surface area contributed by atoms with Crippen molar-refractivity contribution in [2.45, 2.75) is 12.5 Å². The number of carbonyl (C=O) groups is 3. The van der Waals surface area contributed by atoms with Crippen LogP contribution in [0, 0.1) is 5.82 Å². The standard InChI is InChI=1S/C11H10FNO6/c12-5-1-2-6(8(14)3-5)10(17)13-7(11(18)19)4-9(15)16/h1-3,7,14H,4H2,(H,13,17)(H,15,16)(H,18,19)/t7-/m0/s1. The van der Waals surface area contributed by atoms with Gasteiger partial charge in [-0.2, -0.15) is 0 Å². The van der Waals surface area contributed by atoms with Gasteiger partial charge in [-0.25, -0.2) is 9.18 Å². The Labute approximate surface area is 106 Å². The molecule has 0 saturated heterocycles. The molecule has 0 aliphatic heterocycles. The van der Waals surface area contributed by atoms with Crippen LogP contribution in [0.3, 0.4) is 0 Å². The first-order chi connectivity index (χ1) is 8.81. The van der Waals surface area contributed by atoms with Gasteiger partial charge in [0.05, 0.1) is 12.0 Å². The van der Waals surface area contributed by atoms with E-state index in [0.717, 1.165) is 12.1 Å². The number of amides is 1. The molecule has 0 aliphatic rings. The number of hydrogen-bond acceptors (Lipinski definition) is 4. The molecule has 1 atom stereocenters. The molecule has 102 valence electrons. The first-order valence-corrected chi connectivity index (χ1v) is 5.05. The van der Waals surface area contributed by atoms with Crippen LogP contribution in [-0.4, -0.2) is 39.2 Å². The number of aromatic hydroxyl groups is 1. The van der Waals surface area contributed by atoms with Crippen LogP contribution in [0.5, 0.6) is 5.75 Å². The number of carboxylic acids is 2. The Kier molecular flexibility index (Phi) is 4.41. The lowest BCUT2D eigenvalue weighted by Crippen LogP contribution is -2.42. The zero-order valence-electron chi connectivity index (χ0n) is 9.46. The highest BCUT2D eigenvalue weighted by Gasteiger charge is 2.24. The summed E-state index contributed by atoms with van der Waals surface area (Å²) in [5, 5.41) is 28.5. The molecule has 19 heavy (non-hydrogen) atoms. The topological polar surface area (TPSA) is 124 Å². The number of aliphatic carboxylic acids is 2. The van der Waals surface area contributed by atoms with Crippen molar-refractivity contribution in [2.75, 3.05) is 0 Å². The number of benzene rings is 1. The summed E-state index contributed by atoms with van der Waals surface area (Å²) in [5.41, 5.74) is -0.349. The zero-order valence-corrected chi connectivity index (χ0v) is 9.46. The highest BCUT2D eigenvalue weighted by Crippen LogP contribution is 2.18. The molecule has 1 aromatic carbocycles. The summed E-state index contributed by atoms with van der Waals surface area (Å²) in [7, 11) is 0. The van der Waals surface area contributed by atoms with Crippen molar-refractivity contribution in [3.63, 3.8) is 0 Å². The Hall–Kier alpha value is -2.64. The first kappa shape index (κ1) is 14.4. The van der Waals surface area contributed by atoms with Gasteiger partial charge in [0.2, 0.25) is 0 Å². The molecule has 0 aliphatic carbocycles. The van der Waals surface area contributed by atoms with E-state index >= 15 is 0 Å². The van der Waals surface area contributed by atoms with Crippen LogP contribution in [0.1, 0.15) is 16.8 Å². The van der Waals surface area contributed by atoms with Gasteiger partial charge in [0.15, 0.2) is 0 Å². The molecule has 1 amide bonds. The second kappa shape index (κ2) is 5.80. The monoisotopic (exact) mass is 271 g/mol. The van der Waals surface area contributed by atoms with Gasteiger partial charge >= 0.3 is 11.9 Å². The van der Waals surface area contributed by atoms with E-state index in [2.05, 4.69) is 0 Å². The van der Waals surface area contributed by atoms with Gasteiger partial charge in [-0.1, -0.05) is 0 Å². The molecular formula is C11H10FNO6. The number of phenolic OH excluding ortho intramolecular Hbond substituents is 1. The average molecular weight is 271 g/mol. The predicted molar refractivity (Wildman–Crippen MR) is 59.2 cm³/mol. The van der Waals surface area contributed by atoms with Crippen molar-refractivity contribution in [3.05, 3.63) is 29.6 Å². The van der Waals surface area contributed by atoms with Crippen molar-refractivity contribution in [1.29, 1.82) is 0 Å². The summed E-state index contributed by atoms with van der Waals surface area (Å²) in [6, 6.07) is 0.901. The number of halogens is 1. The summed E-state index contributed by atoms with van der Waals surface area (Å²) in [5.74, 6) is -5.38. The van der Waals surface area contributed by atoms with Crippen molar-refractivity contribution >= 4 is 17.8 Å². The number of carbonyl (C=O) groups excluding carboxylic acids is 1. The molecule has 1 rings (SSSR count). The van der Waals surface area contributed by atoms with Gasteiger partial charge in [0, 0.05) is 6.07 Å². The lowest BCUT2D eigenvalue weighted by molar-refractivity contribution is -0.145. The van der Waals surface area contributed by atoms with E-state index in [1.54, 1.807) is 0 Å². The molecule has 0 spiro atoms. The molecule has 0 heterocycles. The summed E-state index contributed by atoms with van der Waals surface area (Å²) >= 11 is 0. The molecular weight excluding hydrogens is 261 g/mol. The zero-order chi connectivity index (χ0) is 14.6. The maximum Gasteiger partial charge on any atom is 0.326 e. The quantitative estimate of drug-likeness (QED) is 0.606. The highest BCUT2D eigenvalue weighted by molar-refractivity contribution is 5.99. The van der Waals surface area contributed by atoms with Crippen LogP contribution in [0.15, 0.2) is 18.2 Å². The maximum absolute atomic E-state index is 12.7. The first-order valence-electron chi connectivity index (χ1n) is 5.05. The Morgan fingerprint density at radius 3 is 2.37 bits per heavy atom. The lowest BCUT2D eigenvalue weighted by Gasteiger charge is -2.12. The fraction of sp³-hybridized carbons (Fsp3) is 0.182. The summed E-state index contributed by atoms with van der Waals surface area (Å²) in [6.45, 7) is 0. The number of carboxylic acid groups (broad SMARTS) is 2. The fourth-order valence-corrected chi connectivity index (χ4v) is 1.31. The third-order valence-corrected chi connectivity index (χ3v) is 2.19. The highest BCUT2D eigenvalue weighted by atomic mass is 19.1. The van der Waals surface area contributed by atoms with Crippen molar-refractivity contribution in [2.24, 2.45) is 0 Å². The van der Waals surface area contributed by atoms with E-state index in [9.17, 15) is 23.9 Å². The number of phenols is 1. The molecule has 0 unspecified atom stereocenters. The van der Waals surface area contributed by atoms with Crippen LogP contribution < -0.4 is 5.32 Å². The molecule has 7 nitrogen and oxygen atoms in total. The van der Waals surface area contributed by atoms with E-state index in [1.807, 2.05) is 5.32 Å². The SMILES string of the molecule is O=C(O)C[C@H](NC(=O)c1ccc(F)cc1O)C(=O)O. The van der Waals surface area contributed by atoms with Crippen LogP contribution in [0.4, 0.5) is 4.39 Å². The molecule has 4 N–H and O–H groups in total. The van der Waals surface area contributed by atoms with Crippen LogP contribution >= 0.6 is 0 Å². The Morgan fingerprint density at radius 2 is 1.89 bits per heavy atom. The van der Waals surface area contributed by atoms with Gasteiger partial charge in [0.25, 0.3) is 5.91 Å². The molecule has 0 saturated carbocycles. The minimum absolute atomic E-state index is 0.349. The van der Waals surface area contributed by atoms with E-state index in [1.165, 1.54) is 0 Å². The lowest BCUT2D eigenvalue weighted by atomic mass is 10.1. The summed E-state index contributed by atoms with van der Waals surface area (Å²) < 4.78 is 12.7. The summed E-state index contributed by atoms with van der Waals surface area (Å²) in [6.07, 6.45) is -0.816. The predicted octanol–water partition coefficient (Wildman–Crippen LogP) is 0.189. The largest absolute Gasteiger partial charge is 0.507 e.